The molecule has 2 aromatic rings. The molecule has 0 atom stereocenters. The van der Waals surface area contributed by atoms with E-state index in [0.29, 0.717) is 16.9 Å². The van der Waals surface area contributed by atoms with E-state index in [2.05, 4.69) is 0 Å². The molecule has 0 aliphatic rings. The summed E-state index contributed by atoms with van der Waals surface area (Å²) in [4.78, 5) is 22.5. The molecule has 0 saturated heterocycles. The molecule has 0 radical (unpaired) electrons. The second-order valence-electron chi connectivity index (χ2n) is 4.67. The fourth-order valence-electron chi connectivity index (χ4n) is 2.02. The van der Waals surface area contributed by atoms with Gasteiger partial charge in [0, 0.05) is 35.6 Å². The molecule has 0 aliphatic heterocycles. The SMILES string of the molecule is Cc1cc(=O)c(CCC(=O)O)cn1-c1ccc(F)c(Cl)c1. The molecular formula is C15H13ClFNO3. The van der Waals surface area contributed by atoms with E-state index in [1.165, 1.54) is 18.2 Å². The summed E-state index contributed by atoms with van der Waals surface area (Å²) in [6.45, 7) is 1.74. The Hall–Kier alpha value is -2.14. The summed E-state index contributed by atoms with van der Waals surface area (Å²) in [5.41, 5.74) is 1.44. The molecule has 21 heavy (non-hydrogen) atoms. The third-order valence-corrected chi connectivity index (χ3v) is 3.40. The van der Waals surface area contributed by atoms with E-state index in [-0.39, 0.29) is 23.3 Å². The Morgan fingerprint density at radius 2 is 2.10 bits per heavy atom. The summed E-state index contributed by atoms with van der Waals surface area (Å²) >= 11 is 5.76. The van der Waals surface area contributed by atoms with Gasteiger partial charge in [-0.25, -0.2) is 4.39 Å². The van der Waals surface area contributed by atoms with Crippen molar-refractivity contribution < 1.29 is 14.3 Å². The summed E-state index contributed by atoms with van der Waals surface area (Å²) in [6, 6.07) is 5.66. The van der Waals surface area contributed by atoms with Crippen LogP contribution in [0, 0.1) is 12.7 Å². The zero-order chi connectivity index (χ0) is 15.6. The Morgan fingerprint density at radius 3 is 2.71 bits per heavy atom. The highest BCUT2D eigenvalue weighted by molar-refractivity contribution is 6.30. The second kappa shape index (κ2) is 6.10. The van der Waals surface area contributed by atoms with Crippen molar-refractivity contribution in [3.63, 3.8) is 0 Å². The highest BCUT2D eigenvalue weighted by Gasteiger charge is 2.09. The number of benzene rings is 1. The van der Waals surface area contributed by atoms with Crippen molar-refractivity contribution in [2.75, 3.05) is 0 Å². The molecule has 6 heteroatoms. The largest absolute Gasteiger partial charge is 0.481 e. The van der Waals surface area contributed by atoms with E-state index in [1.54, 1.807) is 23.8 Å². The molecular weight excluding hydrogens is 297 g/mol. The minimum absolute atomic E-state index is 0.0160. The lowest BCUT2D eigenvalue weighted by atomic mass is 10.1. The number of carboxylic acids is 1. The number of rotatable bonds is 4. The Morgan fingerprint density at radius 1 is 1.38 bits per heavy atom. The maximum atomic E-state index is 13.2. The first kappa shape index (κ1) is 15.3. The summed E-state index contributed by atoms with van der Waals surface area (Å²) in [6.07, 6.45) is 1.59. The molecule has 0 spiro atoms. The molecule has 4 nitrogen and oxygen atoms in total. The van der Waals surface area contributed by atoms with Crippen molar-refractivity contribution >= 4 is 17.6 Å². The zero-order valence-electron chi connectivity index (χ0n) is 11.3. The van der Waals surface area contributed by atoms with Crippen LogP contribution in [0.4, 0.5) is 4.39 Å². The van der Waals surface area contributed by atoms with Gasteiger partial charge in [-0.05, 0) is 31.5 Å². The van der Waals surface area contributed by atoms with Crippen LogP contribution in [0.25, 0.3) is 5.69 Å². The molecule has 0 bridgehead atoms. The highest BCUT2D eigenvalue weighted by atomic mass is 35.5. The van der Waals surface area contributed by atoms with Gasteiger partial charge < -0.3 is 9.67 Å². The van der Waals surface area contributed by atoms with Crippen molar-refractivity contribution in [2.24, 2.45) is 0 Å². The molecule has 1 heterocycles. The number of aliphatic carboxylic acids is 1. The summed E-state index contributed by atoms with van der Waals surface area (Å²) in [7, 11) is 0. The minimum atomic E-state index is -0.966. The number of hydrogen-bond donors (Lipinski definition) is 1. The second-order valence-corrected chi connectivity index (χ2v) is 5.07. The first-order valence-corrected chi connectivity index (χ1v) is 6.65. The molecule has 1 aromatic carbocycles. The molecule has 0 aliphatic carbocycles. The Labute approximate surface area is 125 Å². The average Bonchev–Trinajstić information content (AvgIpc) is 2.41. The van der Waals surface area contributed by atoms with Gasteiger partial charge in [-0.1, -0.05) is 11.6 Å². The lowest BCUT2D eigenvalue weighted by Crippen LogP contribution is -2.15. The van der Waals surface area contributed by atoms with E-state index in [4.69, 9.17) is 16.7 Å². The monoisotopic (exact) mass is 309 g/mol. The van der Waals surface area contributed by atoms with Gasteiger partial charge in [0.15, 0.2) is 5.43 Å². The maximum absolute atomic E-state index is 13.2. The first-order chi connectivity index (χ1) is 9.88. The van der Waals surface area contributed by atoms with Gasteiger partial charge in [-0.2, -0.15) is 0 Å². The smallest absolute Gasteiger partial charge is 0.303 e. The fraction of sp³-hybridized carbons (Fsp3) is 0.200. The number of halogens is 2. The summed E-state index contributed by atoms with van der Waals surface area (Å²) in [5.74, 6) is -1.49. The van der Waals surface area contributed by atoms with Crippen LogP contribution in [-0.4, -0.2) is 15.6 Å². The van der Waals surface area contributed by atoms with E-state index >= 15 is 0 Å². The van der Waals surface area contributed by atoms with Crippen LogP contribution < -0.4 is 5.43 Å². The van der Waals surface area contributed by atoms with Gasteiger partial charge in [0.25, 0.3) is 0 Å². The van der Waals surface area contributed by atoms with Gasteiger partial charge in [0.2, 0.25) is 0 Å². The van der Waals surface area contributed by atoms with Crippen LogP contribution in [0.15, 0.2) is 35.3 Å². The molecule has 0 fully saturated rings. The van der Waals surface area contributed by atoms with E-state index in [0.717, 1.165) is 0 Å². The number of carbonyl (C=O) groups is 1. The van der Waals surface area contributed by atoms with Gasteiger partial charge in [0.1, 0.15) is 5.82 Å². The Kier molecular flexibility index (Phi) is 4.43. The van der Waals surface area contributed by atoms with Crippen LogP contribution in [0.3, 0.4) is 0 Å². The number of carboxylic acid groups (broad SMARTS) is 1. The van der Waals surface area contributed by atoms with Crippen molar-refractivity contribution in [1.82, 2.24) is 4.57 Å². The maximum Gasteiger partial charge on any atom is 0.303 e. The first-order valence-electron chi connectivity index (χ1n) is 6.28. The topological polar surface area (TPSA) is 59.3 Å². The fourth-order valence-corrected chi connectivity index (χ4v) is 2.19. The normalized spacial score (nSPS) is 10.6. The predicted octanol–water partition coefficient (Wildman–Crippen LogP) is 2.96. The average molecular weight is 310 g/mol. The van der Waals surface area contributed by atoms with Crippen LogP contribution in [0.2, 0.25) is 5.02 Å². The molecule has 110 valence electrons. The van der Waals surface area contributed by atoms with Gasteiger partial charge in [-0.3, -0.25) is 9.59 Å². The lowest BCUT2D eigenvalue weighted by Gasteiger charge is -2.13. The standard InChI is InChI=1S/C15H13ClFNO3/c1-9-6-14(19)10(2-5-15(20)21)8-18(9)11-3-4-13(17)12(16)7-11/h3-4,6-8H,2,5H2,1H3,(H,20,21). The number of pyridine rings is 1. The highest BCUT2D eigenvalue weighted by Crippen LogP contribution is 2.20. The van der Waals surface area contributed by atoms with Crippen molar-refractivity contribution in [3.05, 3.63) is 62.8 Å². The third-order valence-electron chi connectivity index (χ3n) is 3.11. The molecule has 0 saturated carbocycles. The van der Waals surface area contributed by atoms with Crippen molar-refractivity contribution in [3.8, 4) is 5.69 Å². The Bertz CT molecular complexity index is 755. The number of hydrogen-bond acceptors (Lipinski definition) is 2. The molecule has 0 unspecified atom stereocenters. The van der Waals surface area contributed by atoms with E-state index < -0.39 is 11.8 Å². The number of aryl methyl sites for hydroxylation is 2. The van der Waals surface area contributed by atoms with Gasteiger partial charge in [-0.15, -0.1) is 0 Å². The zero-order valence-corrected chi connectivity index (χ0v) is 12.0. The third kappa shape index (κ3) is 3.49. The van der Waals surface area contributed by atoms with Crippen LogP contribution in [-0.2, 0) is 11.2 Å². The molecule has 1 N–H and O–H groups in total. The van der Waals surface area contributed by atoms with Crippen LogP contribution >= 0.6 is 11.6 Å². The van der Waals surface area contributed by atoms with Crippen molar-refractivity contribution in [1.29, 1.82) is 0 Å². The minimum Gasteiger partial charge on any atom is -0.481 e. The van der Waals surface area contributed by atoms with E-state index in [1.807, 2.05) is 0 Å². The molecule has 1 aromatic heterocycles. The van der Waals surface area contributed by atoms with Crippen molar-refractivity contribution in [2.45, 2.75) is 19.8 Å². The number of nitrogens with zero attached hydrogens (tertiary/aromatic N) is 1. The molecule has 2 rings (SSSR count). The quantitative estimate of drug-likeness (QED) is 0.944. The molecule has 0 amide bonds. The van der Waals surface area contributed by atoms with Crippen LogP contribution in [0.1, 0.15) is 17.7 Å². The Balaban J connectivity index is 2.47. The summed E-state index contributed by atoms with van der Waals surface area (Å²) < 4.78 is 14.9. The van der Waals surface area contributed by atoms with Crippen LogP contribution in [0.5, 0.6) is 0 Å². The van der Waals surface area contributed by atoms with Gasteiger partial charge >= 0.3 is 5.97 Å². The van der Waals surface area contributed by atoms with E-state index in [9.17, 15) is 14.0 Å². The lowest BCUT2D eigenvalue weighted by molar-refractivity contribution is -0.136. The van der Waals surface area contributed by atoms with Gasteiger partial charge in [0.05, 0.1) is 5.02 Å². The number of aromatic nitrogens is 1. The predicted molar refractivity (Wildman–Crippen MR) is 77.7 cm³/mol. The summed E-state index contributed by atoms with van der Waals surface area (Å²) in [5, 5.41) is 8.69.